The van der Waals surface area contributed by atoms with E-state index >= 15 is 0 Å². The molecule has 2 fully saturated rings. The number of nitrogens with one attached hydrogen (secondary N) is 2. The zero-order valence-electron chi connectivity index (χ0n) is 19.7. The van der Waals surface area contributed by atoms with Gasteiger partial charge in [0.15, 0.2) is 5.82 Å². The van der Waals surface area contributed by atoms with Crippen LogP contribution in [0, 0.1) is 0 Å². The van der Waals surface area contributed by atoms with Gasteiger partial charge in [0.25, 0.3) is 5.91 Å². The number of nitrogens with zero attached hydrogens (tertiary/aromatic N) is 4. The molecule has 34 heavy (non-hydrogen) atoms. The van der Waals surface area contributed by atoms with Crippen molar-refractivity contribution in [3.63, 3.8) is 0 Å². The first-order chi connectivity index (χ1) is 16.4. The minimum absolute atomic E-state index is 0.0654. The lowest BCUT2D eigenvalue weighted by atomic mass is 10.1. The summed E-state index contributed by atoms with van der Waals surface area (Å²) in [5, 5.41) is 6.55. The lowest BCUT2D eigenvalue weighted by molar-refractivity contribution is -0.117. The number of hydrogen-bond acceptors (Lipinski definition) is 6. The average Bonchev–Trinajstić information content (AvgIpc) is 3.30. The van der Waals surface area contributed by atoms with Crippen LogP contribution in [0.3, 0.4) is 0 Å². The van der Waals surface area contributed by atoms with Crippen molar-refractivity contribution < 1.29 is 9.59 Å². The molecule has 8 nitrogen and oxygen atoms in total. The molecule has 1 aromatic heterocycles. The Morgan fingerprint density at radius 3 is 2.74 bits per heavy atom. The highest BCUT2D eigenvalue weighted by atomic mass is 35.5. The van der Waals surface area contributed by atoms with E-state index in [1.54, 1.807) is 6.07 Å². The van der Waals surface area contributed by atoms with Crippen LogP contribution in [0.1, 0.15) is 42.6 Å². The van der Waals surface area contributed by atoms with E-state index in [2.05, 4.69) is 31.4 Å². The van der Waals surface area contributed by atoms with Crippen LogP contribution in [-0.2, 0) is 11.3 Å². The van der Waals surface area contributed by atoms with Crippen molar-refractivity contribution in [1.82, 2.24) is 15.2 Å². The van der Waals surface area contributed by atoms with E-state index in [9.17, 15) is 9.59 Å². The minimum atomic E-state index is -0.108. The molecule has 0 radical (unpaired) electrons. The Hall–Kier alpha value is -2.84. The topological polar surface area (TPSA) is 80.8 Å². The first-order valence-corrected chi connectivity index (χ1v) is 12.4. The number of pyridine rings is 1. The number of carbonyl (C=O) groups excluding carboxylic acids is 2. The summed E-state index contributed by atoms with van der Waals surface area (Å²) in [6, 6.07) is 7.61. The first-order valence-electron chi connectivity index (χ1n) is 12.0. The smallest absolute Gasteiger partial charge is 0.251 e. The Morgan fingerprint density at radius 1 is 1.21 bits per heavy atom. The molecule has 1 unspecified atom stereocenters. The number of anilines is 3. The maximum atomic E-state index is 12.4. The fourth-order valence-corrected chi connectivity index (χ4v) is 5.37. The highest BCUT2D eigenvalue weighted by Gasteiger charge is 2.37. The molecular weight excluding hydrogens is 452 g/mol. The summed E-state index contributed by atoms with van der Waals surface area (Å²) >= 11 is 6.55. The molecule has 1 atom stereocenters. The summed E-state index contributed by atoms with van der Waals surface area (Å²) in [5.74, 6) is 0.876. The van der Waals surface area contributed by atoms with Crippen molar-refractivity contribution in [3.05, 3.63) is 46.6 Å². The Labute approximate surface area is 205 Å². The number of fused-ring (bicyclic) bond motifs is 3. The average molecular weight is 483 g/mol. The monoisotopic (exact) mass is 482 g/mol. The zero-order valence-corrected chi connectivity index (χ0v) is 20.4. The van der Waals surface area contributed by atoms with Crippen molar-refractivity contribution in [1.29, 1.82) is 0 Å². The van der Waals surface area contributed by atoms with Gasteiger partial charge in [-0.3, -0.25) is 14.5 Å². The number of amides is 2. The van der Waals surface area contributed by atoms with Crippen molar-refractivity contribution in [2.45, 2.75) is 45.3 Å². The molecule has 2 saturated heterocycles. The maximum absolute atomic E-state index is 12.4. The molecule has 180 valence electrons. The van der Waals surface area contributed by atoms with Crippen LogP contribution in [0.15, 0.2) is 30.5 Å². The van der Waals surface area contributed by atoms with Crippen LogP contribution in [0.2, 0.25) is 5.02 Å². The first kappa shape index (κ1) is 22.9. The van der Waals surface area contributed by atoms with E-state index in [1.807, 2.05) is 32.2 Å². The second-order valence-corrected chi connectivity index (χ2v) is 10.0. The predicted octanol–water partition coefficient (Wildman–Crippen LogP) is 3.12. The molecule has 0 saturated carbocycles. The lowest BCUT2D eigenvalue weighted by Gasteiger charge is -2.37. The molecule has 5 rings (SSSR count). The Morgan fingerprint density at radius 2 is 2.00 bits per heavy atom. The third-order valence-corrected chi connectivity index (χ3v) is 7.06. The van der Waals surface area contributed by atoms with E-state index in [-0.39, 0.29) is 23.9 Å². The number of rotatable bonds is 5. The fraction of sp³-hybridized carbons (Fsp3) is 0.480. The summed E-state index contributed by atoms with van der Waals surface area (Å²) in [6.07, 6.45) is 3.87. The fourth-order valence-electron chi connectivity index (χ4n) is 5.07. The van der Waals surface area contributed by atoms with Crippen LogP contribution < -0.4 is 20.4 Å². The molecule has 3 aliphatic rings. The number of piperazine rings is 1. The molecule has 3 aliphatic heterocycles. The number of hydrogen-bond donors (Lipinski definition) is 2. The molecule has 1 aromatic carbocycles. The Bertz CT molecular complexity index is 1100. The van der Waals surface area contributed by atoms with E-state index < -0.39 is 0 Å². The van der Waals surface area contributed by atoms with Gasteiger partial charge < -0.3 is 20.4 Å². The third-order valence-electron chi connectivity index (χ3n) is 6.76. The van der Waals surface area contributed by atoms with Gasteiger partial charge in [-0.2, -0.15) is 0 Å². The summed E-state index contributed by atoms with van der Waals surface area (Å²) in [6.45, 7) is 9.04. The van der Waals surface area contributed by atoms with Crippen LogP contribution >= 0.6 is 11.6 Å². The van der Waals surface area contributed by atoms with Gasteiger partial charge in [-0.1, -0.05) is 11.6 Å². The number of benzene rings is 1. The Kier molecular flexibility index (Phi) is 6.36. The number of carbonyl (C=O) groups is 2. The summed E-state index contributed by atoms with van der Waals surface area (Å²) in [5.41, 5.74) is 3.46. The predicted molar refractivity (Wildman–Crippen MR) is 135 cm³/mol. The van der Waals surface area contributed by atoms with Gasteiger partial charge in [-0.15, -0.1) is 0 Å². The summed E-state index contributed by atoms with van der Waals surface area (Å²) in [7, 11) is 0. The van der Waals surface area contributed by atoms with Crippen molar-refractivity contribution in [2.24, 2.45) is 0 Å². The SMILES string of the molecule is CC(C)NC(=O)c1ccc(N2CCN(Cc3cnc4c(c3)NC(=O)C3CCCN43)CC2)c(Cl)c1. The molecule has 2 amide bonds. The molecular formula is C25H31ClN6O2. The maximum Gasteiger partial charge on any atom is 0.251 e. The number of aromatic nitrogens is 1. The molecule has 2 N–H and O–H groups in total. The van der Waals surface area contributed by atoms with Crippen LogP contribution in [0.5, 0.6) is 0 Å². The van der Waals surface area contributed by atoms with E-state index in [0.717, 1.165) is 74.9 Å². The molecule has 9 heteroatoms. The van der Waals surface area contributed by atoms with Gasteiger partial charge in [-0.05, 0) is 56.5 Å². The standard InChI is InChI=1S/C25H31ClN6O2/c1-16(2)28-24(33)18-5-6-21(19(26)13-18)31-10-8-30(9-11-31)15-17-12-20-23(27-14-17)32-7-3-4-22(32)25(34)29-20/h5-6,12-14,16,22H,3-4,7-11,15H2,1-2H3,(H,28,33)(H,29,34). The largest absolute Gasteiger partial charge is 0.368 e. The molecule has 0 spiro atoms. The third kappa shape index (κ3) is 4.57. The lowest BCUT2D eigenvalue weighted by Crippen LogP contribution is -2.46. The highest BCUT2D eigenvalue weighted by molar-refractivity contribution is 6.33. The summed E-state index contributed by atoms with van der Waals surface area (Å²) < 4.78 is 0. The van der Waals surface area contributed by atoms with E-state index in [1.165, 1.54) is 0 Å². The summed E-state index contributed by atoms with van der Waals surface area (Å²) in [4.78, 5) is 36.2. The zero-order chi connectivity index (χ0) is 23.8. The van der Waals surface area contributed by atoms with Gasteiger partial charge in [-0.25, -0.2) is 4.98 Å². The minimum Gasteiger partial charge on any atom is -0.368 e. The van der Waals surface area contributed by atoms with Crippen LogP contribution in [0.4, 0.5) is 17.2 Å². The quantitative estimate of drug-likeness (QED) is 0.681. The molecule has 0 bridgehead atoms. The van der Waals surface area contributed by atoms with Gasteiger partial charge in [0, 0.05) is 57.1 Å². The van der Waals surface area contributed by atoms with Crippen LogP contribution in [-0.4, -0.2) is 66.5 Å². The van der Waals surface area contributed by atoms with E-state index in [4.69, 9.17) is 16.6 Å². The van der Waals surface area contributed by atoms with Crippen molar-refractivity contribution in [3.8, 4) is 0 Å². The molecule has 2 aromatic rings. The Balaban J connectivity index is 1.20. The van der Waals surface area contributed by atoms with E-state index in [0.29, 0.717) is 10.6 Å². The second-order valence-electron chi connectivity index (χ2n) is 9.61. The molecule has 0 aliphatic carbocycles. The van der Waals surface area contributed by atoms with Crippen molar-refractivity contribution >= 4 is 40.6 Å². The van der Waals surface area contributed by atoms with Crippen LogP contribution in [0.25, 0.3) is 0 Å². The van der Waals surface area contributed by atoms with Gasteiger partial charge in [0.1, 0.15) is 6.04 Å². The van der Waals surface area contributed by atoms with Gasteiger partial charge >= 0.3 is 0 Å². The van der Waals surface area contributed by atoms with Crippen molar-refractivity contribution in [2.75, 3.05) is 47.8 Å². The van der Waals surface area contributed by atoms with Gasteiger partial charge in [0.2, 0.25) is 5.91 Å². The number of halogens is 1. The molecule has 4 heterocycles. The second kappa shape index (κ2) is 9.43. The van der Waals surface area contributed by atoms with Gasteiger partial charge in [0.05, 0.1) is 16.4 Å². The highest BCUT2D eigenvalue weighted by Crippen LogP contribution is 2.35. The normalized spacial score (nSPS) is 20.2.